The fraction of sp³-hybridized carbons (Fsp3) is 0.200. The maximum absolute atomic E-state index is 13.5. The minimum atomic E-state index is -0.818. The molecule has 0 aliphatic carbocycles. The monoisotopic (exact) mass is 291 g/mol. The maximum Gasteiger partial charge on any atom is 0.256 e. The number of aromatic nitrogens is 1. The van der Waals surface area contributed by atoms with Gasteiger partial charge in [-0.05, 0) is 38.1 Å². The summed E-state index contributed by atoms with van der Waals surface area (Å²) in [7, 11) is 0. The number of hydrogen-bond acceptors (Lipinski definition) is 3. The molecule has 0 spiro atoms. The van der Waals surface area contributed by atoms with Crippen LogP contribution in [0.2, 0.25) is 0 Å². The molecular weight excluding hydrogens is 276 g/mol. The Morgan fingerprint density at radius 3 is 2.52 bits per heavy atom. The van der Waals surface area contributed by atoms with E-state index < -0.39 is 23.2 Å². The highest BCUT2D eigenvalue weighted by atomic mass is 19.1. The summed E-state index contributed by atoms with van der Waals surface area (Å²) in [5, 5.41) is 5.24. The maximum atomic E-state index is 13.5. The number of pyridine rings is 1. The van der Waals surface area contributed by atoms with Gasteiger partial charge in [0.25, 0.3) is 5.91 Å². The SMILES string of the molecule is CCNc1cc(C(=O)Nc2c(F)cccc2F)cc(C)n1. The van der Waals surface area contributed by atoms with Gasteiger partial charge in [0.05, 0.1) is 0 Å². The van der Waals surface area contributed by atoms with Gasteiger partial charge < -0.3 is 10.6 Å². The van der Waals surface area contributed by atoms with Crippen LogP contribution in [0.15, 0.2) is 30.3 Å². The molecule has 0 saturated carbocycles. The van der Waals surface area contributed by atoms with Crippen molar-refractivity contribution in [3.05, 3.63) is 53.2 Å². The second-order valence-electron chi connectivity index (χ2n) is 4.46. The van der Waals surface area contributed by atoms with Gasteiger partial charge >= 0.3 is 0 Å². The molecule has 0 aliphatic rings. The van der Waals surface area contributed by atoms with E-state index in [1.165, 1.54) is 12.1 Å². The third-order valence-corrected chi connectivity index (χ3v) is 2.77. The van der Waals surface area contributed by atoms with Gasteiger partial charge in [0, 0.05) is 17.8 Å². The van der Waals surface area contributed by atoms with Gasteiger partial charge in [0.15, 0.2) is 0 Å². The standard InChI is InChI=1S/C15H15F2N3O/c1-3-18-13-8-10(7-9(2)19-13)15(21)20-14-11(16)5-4-6-12(14)17/h4-8H,3H2,1-2H3,(H,18,19)(H,20,21). The number of anilines is 2. The second-order valence-corrected chi connectivity index (χ2v) is 4.46. The number of carbonyl (C=O) groups is 1. The number of para-hydroxylation sites is 1. The zero-order valence-corrected chi connectivity index (χ0v) is 11.7. The molecule has 21 heavy (non-hydrogen) atoms. The van der Waals surface area contributed by atoms with Crippen molar-refractivity contribution in [3.63, 3.8) is 0 Å². The van der Waals surface area contributed by atoms with E-state index in [0.29, 0.717) is 18.1 Å². The number of hydrogen-bond donors (Lipinski definition) is 2. The molecule has 2 N–H and O–H groups in total. The molecule has 0 bridgehead atoms. The quantitative estimate of drug-likeness (QED) is 0.908. The van der Waals surface area contributed by atoms with Gasteiger partial charge in [-0.2, -0.15) is 0 Å². The van der Waals surface area contributed by atoms with Crippen molar-refractivity contribution in [1.82, 2.24) is 4.98 Å². The lowest BCUT2D eigenvalue weighted by molar-refractivity contribution is 0.102. The average Bonchev–Trinajstić information content (AvgIpc) is 2.42. The Bertz CT molecular complexity index is 654. The van der Waals surface area contributed by atoms with Crippen molar-refractivity contribution in [2.24, 2.45) is 0 Å². The molecule has 0 unspecified atom stereocenters. The number of nitrogens with one attached hydrogen (secondary N) is 2. The van der Waals surface area contributed by atoms with Crippen LogP contribution < -0.4 is 10.6 Å². The molecule has 2 rings (SSSR count). The Morgan fingerprint density at radius 2 is 1.90 bits per heavy atom. The highest BCUT2D eigenvalue weighted by Gasteiger charge is 2.14. The second kappa shape index (κ2) is 6.30. The number of benzene rings is 1. The molecule has 0 fully saturated rings. The topological polar surface area (TPSA) is 54.0 Å². The van der Waals surface area contributed by atoms with Crippen LogP contribution in [0, 0.1) is 18.6 Å². The molecule has 110 valence electrons. The predicted molar refractivity (Wildman–Crippen MR) is 77.4 cm³/mol. The van der Waals surface area contributed by atoms with E-state index in [1.807, 2.05) is 6.92 Å². The lowest BCUT2D eigenvalue weighted by atomic mass is 10.2. The normalized spacial score (nSPS) is 10.3. The van der Waals surface area contributed by atoms with Gasteiger partial charge in [-0.25, -0.2) is 13.8 Å². The number of rotatable bonds is 4. The first-order valence-electron chi connectivity index (χ1n) is 6.49. The fourth-order valence-electron chi connectivity index (χ4n) is 1.87. The van der Waals surface area contributed by atoms with E-state index in [4.69, 9.17) is 0 Å². The van der Waals surface area contributed by atoms with Gasteiger partial charge in [0.2, 0.25) is 0 Å². The Labute approximate surface area is 121 Å². The molecule has 0 aliphatic heterocycles. The molecule has 1 aromatic carbocycles. The van der Waals surface area contributed by atoms with Crippen molar-refractivity contribution in [2.45, 2.75) is 13.8 Å². The molecule has 0 radical (unpaired) electrons. The average molecular weight is 291 g/mol. The summed E-state index contributed by atoms with van der Waals surface area (Å²) in [6, 6.07) is 6.49. The third-order valence-electron chi connectivity index (χ3n) is 2.77. The largest absolute Gasteiger partial charge is 0.370 e. The zero-order chi connectivity index (χ0) is 15.4. The van der Waals surface area contributed by atoms with Crippen LogP contribution in [0.25, 0.3) is 0 Å². The first-order valence-corrected chi connectivity index (χ1v) is 6.49. The van der Waals surface area contributed by atoms with E-state index in [0.717, 1.165) is 12.1 Å². The third kappa shape index (κ3) is 3.53. The summed E-state index contributed by atoms with van der Waals surface area (Å²) in [4.78, 5) is 16.3. The van der Waals surface area contributed by atoms with E-state index in [-0.39, 0.29) is 5.56 Å². The van der Waals surface area contributed by atoms with Crippen LogP contribution >= 0.6 is 0 Å². The molecule has 4 nitrogen and oxygen atoms in total. The predicted octanol–water partition coefficient (Wildman–Crippen LogP) is 3.35. The highest BCUT2D eigenvalue weighted by molar-refractivity contribution is 6.04. The summed E-state index contributed by atoms with van der Waals surface area (Å²) in [5.74, 6) is -1.69. The summed E-state index contributed by atoms with van der Waals surface area (Å²) in [5.41, 5.74) is 0.454. The van der Waals surface area contributed by atoms with E-state index >= 15 is 0 Å². The lowest BCUT2D eigenvalue weighted by Gasteiger charge is -2.10. The van der Waals surface area contributed by atoms with Crippen LogP contribution in [-0.4, -0.2) is 17.4 Å². The van der Waals surface area contributed by atoms with E-state index in [1.54, 1.807) is 13.0 Å². The number of halogens is 2. The summed E-state index contributed by atoms with van der Waals surface area (Å²) in [6.45, 7) is 4.29. The molecule has 1 heterocycles. The lowest BCUT2D eigenvalue weighted by Crippen LogP contribution is -2.15. The molecule has 6 heteroatoms. The zero-order valence-electron chi connectivity index (χ0n) is 11.7. The molecule has 2 aromatic rings. The number of carbonyl (C=O) groups excluding carboxylic acids is 1. The summed E-state index contributed by atoms with van der Waals surface area (Å²) >= 11 is 0. The minimum Gasteiger partial charge on any atom is -0.370 e. The van der Waals surface area contributed by atoms with Crippen molar-refractivity contribution < 1.29 is 13.6 Å². The van der Waals surface area contributed by atoms with Crippen LogP contribution in [0.5, 0.6) is 0 Å². The molecule has 0 atom stereocenters. The van der Waals surface area contributed by atoms with Crippen molar-refractivity contribution >= 4 is 17.4 Å². The van der Waals surface area contributed by atoms with Crippen LogP contribution in [0.1, 0.15) is 23.0 Å². The number of amides is 1. The number of nitrogens with zero attached hydrogens (tertiary/aromatic N) is 1. The van der Waals surface area contributed by atoms with Gasteiger partial charge in [-0.1, -0.05) is 6.07 Å². The van der Waals surface area contributed by atoms with Crippen LogP contribution in [-0.2, 0) is 0 Å². The Kier molecular flexibility index (Phi) is 4.47. The van der Waals surface area contributed by atoms with Crippen molar-refractivity contribution in [3.8, 4) is 0 Å². The Balaban J connectivity index is 2.28. The summed E-state index contributed by atoms with van der Waals surface area (Å²) in [6.07, 6.45) is 0. The minimum absolute atomic E-state index is 0.279. The Hall–Kier alpha value is -2.50. The first kappa shape index (κ1) is 14.9. The van der Waals surface area contributed by atoms with Crippen LogP contribution in [0.4, 0.5) is 20.3 Å². The molecule has 1 amide bonds. The van der Waals surface area contributed by atoms with Gasteiger partial charge in [0.1, 0.15) is 23.1 Å². The first-order chi connectivity index (χ1) is 10.0. The highest BCUT2D eigenvalue weighted by Crippen LogP contribution is 2.19. The Morgan fingerprint density at radius 1 is 1.24 bits per heavy atom. The summed E-state index contributed by atoms with van der Waals surface area (Å²) < 4.78 is 27.1. The molecule has 0 saturated heterocycles. The molecule has 1 aromatic heterocycles. The van der Waals surface area contributed by atoms with E-state index in [2.05, 4.69) is 15.6 Å². The van der Waals surface area contributed by atoms with Crippen LogP contribution in [0.3, 0.4) is 0 Å². The van der Waals surface area contributed by atoms with E-state index in [9.17, 15) is 13.6 Å². The number of aryl methyl sites for hydroxylation is 1. The fourth-order valence-corrected chi connectivity index (χ4v) is 1.87. The molecular formula is C15H15F2N3O. The van der Waals surface area contributed by atoms with Crippen molar-refractivity contribution in [2.75, 3.05) is 17.2 Å². The smallest absolute Gasteiger partial charge is 0.256 e. The van der Waals surface area contributed by atoms with Gasteiger partial charge in [-0.15, -0.1) is 0 Å². The van der Waals surface area contributed by atoms with Crippen molar-refractivity contribution in [1.29, 1.82) is 0 Å². The van der Waals surface area contributed by atoms with Gasteiger partial charge in [-0.3, -0.25) is 4.79 Å².